The van der Waals surface area contributed by atoms with Crippen LogP contribution in [0.2, 0.25) is 0 Å². The van der Waals surface area contributed by atoms with E-state index in [-0.39, 0.29) is 0 Å². The van der Waals surface area contributed by atoms with Gasteiger partial charge in [-0.2, -0.15) is 0 Å². The first kappa shape index (κ1) is 9.42. The number of nitrogens with one attached hydrogen (secondary N) is 1. The molecule has 0 spiro atoms. The Hall–Kier alpha value is -0.670. The Morgan fingerprint density at radius 3 is 3.00 bits per heavy atom. The van der Waals surface area contributed by atoms with Crippen LogP contribution in [-0.2, 0) is 6.42 Å². The van der Waals surface area contributed by atoms with Gasteiger partial charge in [-0.1, -0.05) is 24.9 Å². The van der Waals surface area contributed by atoms with Crippen molar-refractivity contribution in [2.75, 3.05) is 13.7 Å². The molecule has 0 amide bonds. The molecule has 2 nitrogen and oxygen atoms in total. The Morgan fingerprint density at radius 1 is 1.50 bits per heavy atom. The summed E-state index contributed by atoms with van der Waals surface area (Å²) >= 11 is 3.92. The molecule has 0 aliphatic carbocycles. The summed E-state index contributed by atoms with van der Waals surface area (Å²) < 4.78 is 7.90. The van der Waals surface area contributed by atoms with Crippen LogP contribution in [0.1, 0.15) is 5.56 Å². The Labute approximate surface area is 78.5 Å². The lowest BCUT2D eigenvalue weighted by Gasteiger charge is -2.03. The van der Waals surface area contributed by atoms with Crippen molar-refractivity contribution in [2.45, 2.75) is 6.42 Å². The van der Waals surface area contributed by atoms with Crippen LogP contribution in [0.5, 0.6) is 5.75 Å². The van der Waals surface area contributed by atoms with Gasteiger partial charge in [0.25, 0.3) is 0 Å². The van der Waals surface area contributed by atoms with E-state index in [1.807, 2.05) is 18.2 Å². The fourth-order valence-electron chi connectivity index (χ4n) is 1.03. The van der Waals surface area contributed by atoms with Gasteiger partial charge in [-0.25, -0.2) is 0 Å². The van der Waals surface area contributed by atoms with E-state index in [1.165, 1.54) is 5.56 Å². The first-order valence-corrected chi connectivity index (χ1v) is 4.31. The van der Waals surface area contributed by atoms with Gasteiger partial charge in [0, 0.05) is 6.54 Å². The Balaban J connectivity index is 2.60. The maximum absolute atomic E-state index is 5.10. The third-order valence-corrected chi connectivity index (χ3v) is 1.88. The standard InChI is InChI=1S/C9H13NOS/c1-11-9-4-2-3-8(7-9)5-6-10-12/h2-4,7,10,12H,5-6H2,1H3. The van der Waals surface area contributed by atoms with E-state index in [2.05, 4.69) is 23.6 Å². The second-order valence-corrected chi connectivity index (χ2v) is 2.83. The molecule has 12 heavy (non-hydrogen) atoms. The minimum atomic E-state index is 0.871. The van der Waals surface area contributed by atoms with Crippen LogP contribution in [-0.4, -0.2) is 13.7 Å². The lowest BCUT2D eigenvalue weighted by molar-refractivity contribution is 0.414. The number of methoxy groups -OCH3 is 1. The fourth-order valence-corrected chi connectivity index (χ4v) is 1.14. The van der Waals surface area contributed by atoms with Crippen LogP contribution < -0.4 is 9.46 Å². The van der Waals surface area contributed by atoms with Crippen LogP contribution >= 0.6 is 12.8 Å². The molecule has 0 heterocycles. The van der Waals surface area contributed by atoms with Crippen LogP contribution in [0.15, 0.2) is 24.3 Å². The molecule has 3 heteroatoms. The van der Waals surface area contributed by atoms with E-state index in [4.69, 9.17) is 4.74 Å². The zero-order chi connectivity index (χ0) is 8.81. The second-order valence-electron chi connectivity index (χ2n) is 2.51. The van der Waals surface area contributed by atoms with Crippen molar-refractivity contribution in [1.82, 2.24) is 4.72 Å². The van der Waals surface area contributed by atoms with Crippen LogP contribution in [0.4, 0.5) is 0 Å². The molecule has 0 radical (unpaired) electrons. The first-order chi connectivity index (χ1) is 5.86. The van der Waals surface area contributed by atoms with Gasteiger partial charge in [-0.3, -0.25) is 4.72 Å². The average molecular weight is 183 g/mol. The van der Waals surface area contributed by atoms with Gasteiger partial charge in [-0.05, 0) is 24.1 Å². The van der Waals surface area contributed by atoms with Crippen LogP contribution in [0.3, 0.4) is 0 Å². The smallest absolute Gasteiger partial charge is 0.119 e. The Kier molecular flexibility index (Phi) is 3.97. The highest BCUT2D eigenvalue weighted by Crippen LogP contribution is 2.12. The number of benzene rings is 1. The summed E-state index contributed by atoms with van der Waals surface area (Å²) in [5, 5.41) is 0. The lowest BCUT2D eigenvalue weighted by Crippen LogP contribution is -2.04. The molecule has 0 atom stereocenters. The van der Waals surface area contributed by atoms with Gasteiger partial charge in [0.05, 0.1) is 7.11 Å². The van der Waals surface area contributed by atoms with E-state index in [1.54, 1.807) is 7.11 Å². The molecule has 0 bridgehead atoms. The highest BCUT2D eigenvalue weighted by molar-refractivity contribution is 7.78. The molecular formula is C9H13NOS. The zero-order valence-electron chi connectivity index (χ0n) is 7.08. The number of hydrogen-bond acceptors (Lipinski definition) is 3. The molecule has 0 aromatic heterocycles. The van der Waals surface area contributed by atoms with E-state index < -0.39 is 0 Å². The van der Waals surface area contributed by atoms with Crippen molar-refractivity contribution >= 4 is 12.8 Å². The van der Waals surface area contributed by atoms with Gasteiger partial charge >= 0.3 is 0 Å². The third kappa shape index (κ3) is 2.75. The topological polar surface area (TPSA) is 21.3 Å². The third-order valence-electron chi connectivity index (χ3n) is 1.66. The summed E-state index contributed by atoms with van der Waals surface area (Å²) in [7, 11) is 1.68. The van der Waals surface area contributed by atoms with Gasteiger partial charge in [0.15, 0.2) is 0 Å². The minimum Gasteiger partial charge on any atom is -0.497 e. The highest BCUT2D eigenvalue weighted by atomic mass is 32.1. The van der Waals surface area contributed by atoms with Crippen molar-refractivity contribution in [1.29, 1.82) is 0 Å². The quantitative estimate of drug-likeness (QED) is 0.693. The zero-order valence-corrected chi connectivity index (χ0v) is 7.97. The molecule has 0 saturated carbocycles. The Bertz CT molecular complexity index is 240. The molecule has 0 unspecified atom stereocenters. The monoisotopic (exact) mass is 183 g/mol. The number of ether oxygens (including phenoxy) is 1. The molecule has 1 aromatic rings. The minimum absolute atomic E-state index is 0.871. The SMILES string of the molecule is COc1cccc(CCNS)c1. The molecule has 1 aromatic carbocycles. The fraction of sp³-hybridized carbons (Fsp3) is 0.333. The predicted molar refractivity (Wildman–Crippen MR) is 53.7 cm³/mol. The average Bonchev–Trinajstić information content (AvgIpc) is 2.15. The molecule has 0 aliphatic heterocycles. The van der Waals surface area contributed by atoms with Crippen molar-refractivity contribution < 1.29 is 4.74 Å². The maximum atomic E-state index is 5.10. The number of rotatable bonds is 4. The molecule has 0 fully saturated rings. The highest BCUT2D eigenvalue weighted by Gasteiger charge is 1.94. The Morgan fingerprint density at radius 2 is 2.33 bits per heavy atom. The molecule has 0 aliphatic rings. The predicted octanol–water partition coefficient (Wildman–Crippen LogP) is 1.67. The summed E-state index contributed by atoms with van der Waals surface area (Å²) in [6.07, 6.45) is 0.973. The van der Waals surface area contributed by atoms with Crippen molar-refractivity contribution in [3.63, 3.8) is 0 Å². The van der Waals surface area contributed by atoms with E-state index >= 15 is 0 Å². The first-order valence-electron chi connectivity index (χ1n) is 3.86. The second kappa shape index (κ2) is 5.06. The van der Waals surface area contributed by atoms with Crippen molar-refractivity contribution in [3.8, 4) is 5.75 Å². The summed E-state index contributed by atoms with van der Waals surface area (Å²) in [5.74, 6) is 0.909. The van der Waals surface area contributed by atoms with Gasteiger partial charge in [0.2, 0.25) is 0 Å². The van der Waals surface area contributed by atoms with Crippen LogP contribution in [0, 0.1) is 0 Å². The summed E-state index contributed by atoms with van der Waals surface area (Å²) in [6.45, 7) is 0.871. The van der Waals surface area contributed by atoms with Gasteiger partial charge in [-0.15, -0.1) is 0 Å². The number of hydrogen-bond donors (Lipinski definition) is 2. The summed E-state index contributed by atoms with van der Waals surface area (Å²) in [5.41, 5.74) is 1.26. The largest absolute Gasteiger partial charge is 0.497 e. The summed E-state index contributed by atoms with van der Waals surface area (Å²) in [6, 6.07) is 8.04. The normalized spacial score (nSPS) is 9.83. The molecule has 1 rings (SSSR count). The lowest BCUT2D eigenvalue weighted by atomic mass is 10.1. The number of thiol groups is 1. The van der Waals surface area contributed by atoms with Crippen LogP contribution in [0.25, 0.3) is 0 Å². The van der Waals surface area contributed by atoms with Gasteiger partial charge < -0.3 is 4.74 Å². The van der Waals surface area contributed by atoms with Crippen molar-refractivity contribution in [3.05, 3.63) is 29.8 Å². The maximum Gasteiger partial charge on any atom is 0.119 e. The van der Waals surface area contributed by atoms with E-state index in [0.717, 1.165) is 18.7 Å². The van der Waals surface area contributed by atoms with E-state index in [0.29, 0.717) is 0 Å². The van der Waals surface area contributed by atoms with Gasteiger partial charge in [0.1, 0.15) is 5.75 Å². The van der Waals surface area contributed by atoms with Crippen molar-refractivity contribution in [2.24, 2.45) is 0 Å². The summed E-state index contributed by atoms with van der Waals surface area (Å²) in [4.78, 5) is 0. The van der Waals surface area contributed by atoms with E-state index in [9.17, 15) is 0 Å². The molecule has 66 valence electrons. The molecular weight excluding hydrogens is 170 g/mol. The molecule has 1 N–H and O–H groups in total. The molecule has 0 saturated heterocycles.